The molecule has 0 radical (unpaired) electrons. The first-order valence-corrected chi connectivity index (χ1v) is 5.23. The zero-order valence-electron chi connectivity index (χ0n) is 8.61. The van der Waals surface area contributed by atoms with Gasteiger partial charge in [-0.25, -0.2) is 0 Å². The predicted molar refractivity (Wildman–Crippen MR) is 61.3 cm³/mol. The van der Waals surface area contributed by atoms with E-state index in [1.54, 1.807) is 0 Å². The average molecular weight is 184 g/mol. The summed E-state index contributed by atoms with van der Waals surface area (Å²) < 4.78 is 0. The summed E-state index contributed by atoms with van der Waals surface area (Å²) in [6.45, 7) is 2.13. The molecule has 0 aliphatic heterocycles. The highest BCUT2D eigenvalue weighted by molar-refractivity contribution is 5.23. The number of hydrogen-bond acceptors (Lipinski definition) is 0. The molecule has 14 heavy (non-hydrogen) atoms. The highest BCUT2D eigenvalue weighted by Crippen LogP contribution is 2.17. The van der Waals surface area contributed by atoms with Crippen molar-refractivity contribution in [1.82, 2.24) is 0 Å². The van der Waals surface area contributed by atoms with Gasteiger partial charge in [0.15, 0.2) is 0 Å². The third-order valence-electron chi connectivity index (χ3n) is 2.69. The van der Waals surface area contributed by atoms with Crippen LogP contribution < -0.4 is 0 Å². The van der Waals surface area contributed by atoms with Gasteiger partial charge in [-0.15, -0.1) is 0 Å². The van der Waals surface area contributed by atoms with Gasteiger partial charge in [0.2, 0.25) is 0 Å². The maximum Gasteiger partial charge on any atom is -0.0155 e. The zero-order chi connectivity index (χ0) is 9.80. The summed E-state index contributed by atoms with van der Waals surface area (Å²) >= 11 is 0. The molecule has 0 amide bonds. The average Bonchev–Trinajstić information content (AvgIpc) is 2.23. The normalized spacial score (nSPS) is 19.9. The van der Waals surface area contributed by atoms with E-state index in [0.717, 1.165) is 0 Å². The van der Waals surface area contributed by atoms with E-state index in [1.807, 2.05) is 0 Å². The maximum absolute atomic E-state index is 2.31. The Morgan fingerprint density at radius 2 is 1.93 bits per heavy atom. The maximum atomic E-state index is 2.31. The first kappa shape index (κ1) is 9.26. The molecule has 0 spiro atoms. The van der Waals surface area contributed by atoms with E-state index in [4.69, 9.17) is 0 Å². The molecule has 1 aromatic carbocycles. The molecule has 1 aromatic rings. The molecule has 1 aliphatic rings. The van der Waals surface area contributed by atoms with Crippen molar-refractivity contribution in [2.45, 2.75) is 19.8 Å². The molecular weight excluding hydrogens is 168 g/mol. The molecule has 0 bridgehead atoms. The van der Waals surface area contributed by atoms with Crippen LogP contribution in [0.15, 0.2) is 48.6 Å². The molecular formula is C14H16. The molecule has 2 rings (SSSR count). The highest BCUT2D eigenvalue weighted by atomic mass is 14.1. The van der Waals surface area contributed by atoms with E-state index in [-0.39, 0.29) is 0 Å². The van der Waals surface area contributed by atoms with Crippen LogP contribution in [0.3, 0.4) is 0 Å². The van der Waals surface area contributed by atoms with E-state index in [0.29, 0.717) is 5.92 Å². The van der Waals surface area contributed by atoms with E-state index >= 15 is 0 Å². The fourth-order valence-electron chi connectivity index (χ4n) is 1.81. The monoisotopic (exact) mass is 184 g/mol. The van der Waals surface area contributed by atoms with Crippen molar-refractivity contribution >= 4 is 0 Å². The van der Waals surface area contributed by atoms with Crippen molar-refractivity contribution < 1.29 is 0 Å². The summed E-state index contributed by atoms with van der Waals surface area (Å²) in [5.41, 5.74) is 2.79. The molecule has 1 atom stereocenters. The van der Waals surface area contributed by atoms with Gasteiger partial charge >= 0.3 is 0 Å². The summed E-state index contributed by atoms with van der Waals surface area (Å²) in [6, 6.07) is 8.86. The van der Waals surface area contributed by atoms with Gasteiger partial charge < -0.3 is 0 Å². The van der Waals surface area contributed by atoms with Crippen molar-refractivity contribution in [2.24, 2.45) is 5.92 Å². The Morgan fingerprint density at radius 1 is 1.14 bits per heavy atom. The predicted octanol–water partition coefficient (Wildman–Crippen LogP) is 3.67. The topological polar surface area (TPSA) is 0 Å². The summed E-state index contributed by atoms with van der Waals surface area (Å²) in [7, 11) is 0. The number of benzene rings is 1. The Labute approximate surface area is 86.0 Å². The molecule has 0 saturated carbocycles. The van der Waals surface area contributed by atoms with Gasteiger partial charge in [-0.05, 0) is 31.2 Å². The molecule has 0 N–H and O–H groups in total. The highest BCUT2D eigenvalue weighted by Gasteiger charge is 2.05. The third kappa shape index (κ3) is 2.35. The van der Waals surface area contributed by atoms with E-state index < -0.39 is 0 Å². The second-order valence-electron chi connectivity index (χ2n) is 4.00. The van der Waals surface area contributed by atoms with E-state index in [9.17, 15) is 0 Å². The minimum atomic E-state index is 0.697. The summed E-state index contributed by atoms with van der Waals surface area (Å²) in [5, 5.41) is 0. The molecule has 0 aromatic heterocycles. The van der Waals surface area contributed by atoms with Crippen LogP contribution in [0, 0.1) is 12.8 Å². The molecule has 0 fully saturated rings. The van der Waals surface area contributed by atoms with Crippen molar-refractivity contribution in [2.75, 3.05) is 0 Å². The fraction of sp³-hybridized carbons (Fsp3) is 0.286. The molecule has 0 heterocycles. The van der Waals surface area contributed by atoms with Gasteiger partial charge in [0.1, 0.15) is 0 Å². The van der Waals surface area contributed by atoms with Crippen molar-refractivity contribution in [1.29, 1.82) is 0 Å². The summed E-state index contributed by atoms with van der Waals surface area (Å²) in [5.74, 6) is 0.697. The van der Waals surface area contributed by atoms with Gasteiger partial charge in [0.25, 0.3) is 0 Å². The van der Waals surface area contributed by atoms with E-state index in [2.05, 4.69) is 55.5 Å². The van der Waals surface area contributed by atoms with Crippen LogP contribution in [0.25, 0.3) is 0 Å². The number of aryl methyl sites for hydroxylation is 1. The lowest BCUT2D eigenvalue weighted by Gasteiger charge is -2.12. The molecule has 1 aliphatic carbocycles. The number of allylic oxidation sites excluding steroid dienone is 4. The van der Waals surface area contributed by atoms with Crippen molar-refractivity contribution in [3.8, 4) is 0 Å². The second-order valence-corrected chi connectivity index (χ2v) is 4.00. The Balaban J connectivity index is 2.00. The SMILES string of the molecule is Cc1ccc(CC2C=CC=CC2)cc1. The number of rotatable bonds is 2. The third-order valence-corrected chi connectivity index (χ3v) is 2.69. The lowest BCUT2D eigenvalue weighted by Crippen LogP contribution is -2.01. The Hall–Kier alpha value is -1.30. The standard InChI is InChI=1S/C14H16/c1-12-7-9-14(10-8-12)11-13-5-3-2-4-6-13/h2-5,7-10,13H,6,11H2,1H3. The lowest BCUT2D eigenvalue weighted by atomic mass is 9.93. The summed E-state index contributed by atoms with van der Waals surface area (Å²) in [4.78, 5) is 0. The van der Waals surface area contributed by atoms with Gasteiger partial charge in [0.05, 0.1) is 0 Å². The Kier molecular flexibility index (Phi) is 2.83. The van der Waals surface area contributed by atoms with Crippen LogP contribution in [-0.4, -0.2) is 0 Å². The van der Waals surface area contributed by atoms with Crippen LogP contribution >= 0.6 is 0 Å². The fourth-order valence-corrected chi connectivity index (χ4v) is 1.81. The molecule has 72 valence electrons. The van der Waals surface area contributed by atoms with Gasteiger partial charge in [-0.2, -0.15) is 0 Å². The number of hydrogen-bond donors (Lipinski definition) is 0. The smallest absolute Gasteiger partial charge is 0.0155 e. The summed E-state index contributed by atoms with van der Waals surface area (Å²) in [6.07, 6.45) is 11.2. The van der Waals surface area contributed by atoms with Crippen LogP contribution in [0.4, 0.5) is 0 Å². The van der Waals surface area contributed by atoms with Crippen molar-refractivity contribution in [3.05, 3.63) is 59.7 Å². The first-order chi connectivity index (χ1) is 6.84. The Bertz CT molecular complexity index is 341. The molecule has 1 unspecified atom stereocenters. The molecule has 0 nitrogen and oxygen atoms in total. The van der Waals surface area contributed by atoms with Crippen LogP contribution in [0.5, 0.6) is 0 Å². The van der Waals surface area contributed by atoms with Gasteiger partial charge in [-0.1, -0.05) is 54.1 Å². The van der Waals surface area contributed by atoms with Gasteiger partial charge in [-0.3, -0.25) is 0 Å². The zero-order valence-corrected chi connectivity index (χ0v) is 8.61. The minimum absolute atomic E-state index is 0.697. The first-order valence-electron chi connectivity index (χ1n) is 5.23. The second kappa shape index (κ2) is 4.28. The molecule has 0 heteroatoms. The van der Waals surface area contributed by atoms with Crippen LogP contribution in [-0.2, 0) is 6.42 Å². The van der Waals surface area contributed by atoms with E-state index in [1.165, 1.54) is 24.0 Å². The van der Waals surface area contributed by atoms with Crippen molar-refractivity contribution in [3.63, 3.8) is 0 Å². The largest absolute Gasteiger partial charge is 0.0840 e. The van der Waals surface area contributed by atoms with Gasteiger partial charge in [0, 0.05) is 0 Å². The van der Waals surface area contributed by atoms with Crippen LogP contribution in [0.1, 0.15) is 17.5 Å². The van der Waals surface area contributed by atoms with Crippen LogP contribution in [0.2, 0.25) is 0 Å². The molecule has 0 saturated heterocycles. The minimum Gasteiger partial charge on any atom is -0.0840 e. The quantitative estimate of drug-likeness (QED) is 0.658. The lowest BCUT2D eigenvalue weighted by molar-refractivity contribution is 0.653. The Morgan fingerprint density at radius 3 is 2.57 bits per heavy atom.